The Morgan fingerprint density at radius 3 is 2.38 bits per heavy atom. The van der Waals surface area contributed by atoms with Crippen molar-refractivity contribution >= 4 is 5.97 Å². The van der Waals surface area contributed by atoms with Gasteiger partial charge in [-0.3, -0.25) is 4.79 Å². The molecule has 5 nitrogen and oxygen atoms in total. The van der Waals surface area contributed by atoms with Crippen molar-refractivity contribution in [1.82, 2.24) is 0 Å². The highest BCUT2D eigenvalue weighted by atomic mass is 79.9. The van der Waals surface area contributed by atoms with E-state index in [1.807, 2.05) is 30.3 Å². The number of hydrogen-bond donors (Lipinski definition) is 1. The molecule has 6 heteroatoms. The smallest absolute Gasteiger partial charge is 0.316 e. The summed E-state index contributed by atoms with van der Waals surface area (Å²) >= 11 is 0. The number of quaternary nitrogens is 1. The van der Waals surface area contributed by atoms with Gasteiger partial charge in [0.15, 0.2) is 0 Å². The summed E-state index contributed by atoms with van der Waals surface area (Å²) in [5, 5.41) is 9.60. The van der Waals surface area contributed by atoms with Gasteiger partial charge >= 0.3 is 5.97 Å². The van der Waals surface area contributed by atoms with Gasteiger partial charge in [0.2, 0.25) is 0 Å². The predicted octanol–water partition coefficient (Wildman–Crippen LogP) is -1.93. The fraction of sp³-hybridized carbons (Fsp3) is 0.611. The highest BCUT2D eigenvalue weighted by Gasteiger charge is 2.70. The average molecular weight is 398 g/mol. The number of piperidine rings is 1. The fourth-order valence-corrected chi connectivity index (χ4v) is 4.55. The van der Waals surface area contributed by atoms with Gasteiger partial charge in [0.05, 0.1) is 20.7 Å². The number of aliphatic hydroxyl groups excluding tert-OH is 1. The molecule has 3 heterocycles. The summed E-state index contributed by atoms with van der Waals surface area (Å²) in [5.41, 5.74) is 0.807. The number of carbonyl (C=O) groups is 1. The molecule has 132 valence electrons. The van der Waals surface area contributed by atoms with Crippen LogP contribution in [0.4, 0.5) is 0 Å². The minimum atomic E-state index is -0.593. The number of hydrogen-bond acceptors (Lipinski definition) is 4. The molecule has 3 saturated heterocycles. The molecule has 1 aromatic rings. The third kappa shape index (κ3) is 2.79. The van der Waals surface area contributed by atoms with E-state index in [0.717, 1.165) is 22.9 Å². The molecule has 2 bridgehead atoms. The summed E-state index contributed by atoms with van der Waals surface area (Å²) in [6.07, 6.45) is 2.34. The van der Waals surface area contributed by atoms with Crippen LogP contribution in [0.5, 0.6) is 0 Å². The first-order chi connectivity index (χ1) is 11.0. The summed E-state index contributed by atoms with van der Waals surface area (Å²) in [7, 11) is 4.51. The Hall–Kier alpha value is -0.950. The second-order valence-corrected chi connectivity index (χ2v) is 7.51. The summed E-state index contributed by atoms with van der Waals surface area (Å²) in [6.45, 7) is -0.224. The number of halogens is 1. The number of carbonyl (C=O) groups excluding carboxylic acids is 1. The van der Waals surface area contributed by atoms with E-state index in [9.17, 15) is 9.90 Å². The van der Waals surface area contributed by atoms with E-state index in [1.54, 1.807) is 0 Å². The van der Waals surface area contributed by atoms with E-state index in [1.165, 1.54) is 0 Å². The lowest BCUT2D eigenvalue weighted by Crippen LogP contribution is -3.00. The number of aliphatic hydroxyl groups is 1. The molecule has 0 aromatic heterocycles. The van der Waals surface area contributed by atoms with Crippen molar-refractivity contribution < 1.29 is 40.8 Å². The Bertz CT molecular complexity index is 588. The Morgan fingerprint density at radius 2 is 1.83 bits per heavy atom. The van der Waals surface area contributed by atoms with Crippen molar-refractivity contribution in [3.05, 3.63) is 35.9 Å². The first-order valence-corrected chi connectivity index (χ1v) is 8.37. The van der Waals surface area contributed by atoms with Crippen LogP contribution in [-0.2, 0) is 14.3 Å². The van der Waals surface area contributed by atoms with Gasteiger partial charge in [-0.15, -0.1) is 0 Å². The molecular formula is C18H24BrNO4. The number of likely N-dealkylation sites (N-methyl/N-ethyl adjacent to an activating group) is 1. The van der Waals surface area contributed by atoms with Crippen LogP contribution in [0.3, 0.4) is 0 Å². The molecule has 5 atom stereocenters. The Kier molecular flexibility index (Phi) is 4.77. The number of ether oxygens (including phenoxy) is 2. The monoisotopic (exact) mass is 397 g/mol. The third-order valence-corrected chi connectivity index (χ3v) is 5.99. The zero-order valence-electron chi connectivity index (χ0n) is 14.0. The molecule has 0 amide bonds. The zero-order chi connectivity index (χ0) is 16.2. The Labute approximate surface area is 152 Å². The van der Waals surface area contributed by atoms with Gasteiger partial charge in [-0.25, -0.2) is 0 Å². The molecule has 3 fully saturated rings. The average Bonchev–Trinajstić information content (AvgIpc) is 3.27. The van der Waals surface area contributed by atoms with E-state index in [-0.39, 0.29) is 35.7 Å². The molecule has 24 heavy (non-hydrogen) atoms. The fourth-order valence-electron chi connectivity index (χ4n) is 4.55. The Morgan fingerprint density at radius 1 is 1.25 bits per heavy atom. The van der Waals surface area contributed by atoms with E-state index >= 15 is 0 Å². The van der Waals surface area contributed by atoms with Crippen molar-refractivity contribution in [2.75, 3.05) is 20.7 Å². The highest BCUT2D eigenvalue weighted by molar-refractivity contribution is 5.78. The van der Waals surface area contributed by atoms with Crippen molar-refractivity contribution in [2.24, 2.45) is 0 Å². The largest absolute Gasteiger partial charge is 1.00 e. The summed E-state index contributed by atoms with van der Waals surface area (Å²) < 4.78 is 12.5. The van der Waals surface area contributed by atoms with Crippen LogP contribution >= 0.6 is 0 Å². The van der Waals surface area contributed by atoms with Crippen molar-refractivity contribution in [1.29, 1.82) is 0 Å². The first-order valence-electron chi connectivity index (χ1n) is 8.37. The molecule has 0 spiro atoms. The molecular weight excluding hydrogens is 374 g/mol. The number of rotatable bonds is 4. The molecule has 0 aliphatic carbocycles. The van der Waals surface area contributed by atoms with Gasteiger partial charge in [-0.1, -0.05) is 30.3 Å². The van der Waals surface area contributed by atoms with Gasteiger partial charge in [0.25, 0.3) is 0 Å². The van der Waals surface area contributed by atoms with Crippen LogP contribution in [0.25, 0.3) is 0 Å². The van der Waals surface area contributed by atoms with Crippen LogP contribution in [0.15, 0.2) is 30.3 Å². The predicted molar refractivity (Wildman–Crippen MR) is 83.7 cm³/mol. The third-order valence-electron chi connectivity index (χ3n) is 5.99. The summed E-state index contributed by atoms with van der Waals surface area (Å²) in [5.74, 6) is -0.908. The normalized spacial score (nSPS) is 36.2. The minimum Gasteiger partial charge on any atom is -1.00 e. The van der Waals surface area contributed by atoms with Crippen LogP contribution in [0, 0.1) is 0 Å². The maximum absolute atomic E-state index is 12.5. The quantitative estimate of drug-likeness (QED) is 0.365. The number of morpholine rings is 1. The van der Waals surface area contributed by atoms with Crippen LogP contribution in [0.1, 0.15) is 24.3 Å². The summed E-state index contributed by atoms with van der Waals surface area (Å²) in [4.78, 5) is 12.5. The lowest BCUT2D eigenvalue weighted by molar-refractivity contribution is -0.938. The van der Waals surface area contributed by atoms with Gasteiger partial charge in [0.1, 0.15) is 36.3 Å². The number of fused-ring (bicyclic) bond motifs is 5. The molecule has 3 aliphatic heterocycles. The zero-order valence-corrected chi connectivity index (χ0v) is 15.6. The molecule has 1 aromatic carbocycles. The second-order valence-electron chi connectivity index (χ2n) is 7.51. The maximum atomic E-state index is 12.5. The number of esters is 1. The maximum Gasteiger partial charge on any atom is 0.316 e. The van der Waals surface area contributed by atoms with Crippen LogP contribution in [-0.4, -0.2) is 66.7 Å². The number of epoxide rings is 1. The van der Waals surface area contributed by atoms with Gasteiger partial charge in [-0.05, 0) is 5.56 Å². The molecule has 1 N–H and O–H groups in total. The second kappa shape index (κ2) is 6.41. The van der Waals surface area contributed by atoms with E-state index in [2.05, 4.69) is 14.1 Å². The van der Waals surface area contributed by atoms with Gasteiger partial charge in [-0.2, -0.15) is 0 Å². The minimum absolute atomic E-state index is 0. The van der Waals surface area contributed by atoms with Crippen molar-refractivity contribution in [3.8, 4) is 0 Å². The molecule has 3 aliphatic rings. The van der Waals surface area contributed by atoms with Gasteiger partial charge in [0, 0.05) is 12.8 Å². The molecule has 2 unspecified atom stereocenters. The van der Waals surface area contributed by atoms with Crippen molar-refractivity contribution in [2.45, 2.75) is 49.2 Å². The van der Waals surface area contributed by atoms with Crippen LogP contribution in [0.2, 0.25) is 0 Å². The SMILES string of the molecule is C[N+]1(C)[C@H]2CC(OC(=O)[C@H](CO)c3ccccc3)C[C@H]1C1OC12.[Br-]. The molecule has 4 rings (SSSR count). The van der Waals surface area contributed by atoms with Gasteiger partial charge < -0.3 is 36.0 Å². The first kappa shape index (κ1) is 17.9. The van der Waals surface area contributed by atoms with Crippen molar-refractivity contribution in [3.63, 3.8) is 0 Å². The number of nitrogens with zero attached hydrogens (tertiary/aromatic N) is 1. The number of benzene rings is 1. The van der Waals surface area contributed by atoms with E-state index in [0.29, 0.717) is 24.3 Å². The lowest BCUT2D eigenvalue weighted by atomic mass is 9.95. The standard InChI is InChI=1S/C18H24NO4.BrH/c1-19(2)14-8-12(9-15(19)17-16(14)23-17)22-18(21)13(10-20)11-6-4-3-5-7-11;/h3-7,12-17,20H,8-10H2,1-2H3;1H/q+1;/p-1/t12?,13-,14+,15+,16?,17?;/m1./s1. The van der Waals surface area contributed by atoms with Crippen LogP contribution < -0.4 is 17.0 Å². The van der Waals surface area contributed by atoms with E-state index in [4.69, 9.17) is 9.47 Å². The topological polar surface area (TPSA) is 59.1 Å². The van der Waals surface area contributed by atoms with E-state index < -0.39 is 5.92 Å². The molecule has 0 radical (unpaired) electrons. The lowest BCUT2D eigenvalue weighted by Gasteiger charge is -2.45. The highest BCUT2D eigenvalue weighted by Crippen LogP contribution is 2.51. The summed E-state index contributed by atoms with van der Waals surface area (Å²) in [6, 6.07) is 10.2. The molecule has 0 saturated carbocycles. The Balaban J connectivity index is 0.00000169.